The van der Waals surface area contributed by atoms with E-state index >= 15 is 9.59 Å². The van der Waals surface area contributed by atoms with Crippen LogP contribution in [0.25, 0.3) is 0 Å². The molecule has 0 bridgehead atoms. The van der Waals surface area contributed by atoms with Gasteiger partial charge >= 0.3 is 6.18 Å². The number of methoxy groups -OCH3 is 1. The van der Waals surface area contributed by atoms with E-state index in [-0.39, 0.29) is 40.5 Å². The SMILES string of the molecule is CCc1ccc(N2C(=O)[C@H]3[C@H](CC=C4[C@H]3C[C@H]3C(=O)N(Nc5ncc(C(F)(F)F)cc5Cl)C(=O)[C@@]3(c3ccc(Cl)cc3)[C@H]4c3cc(OC)c(O)c(Br)c3Br)C2=O)cc1. The lowest BCUT2D eigenvalue weighted by molar-refractivity contribution is -0.139. The molecule has 2 saturated heterocycles. The standard InChI is InChI=1S/C41H31Br2Cl2F3N4O6/c1-3-18-4-10-22(11-5-18)51-36(54)24-13-12-23-25(30(24)38(51)56)15-27-37(55)52(50-35-28(45)14-20(17-49-35)41(46,47)48)39(57)40(27,19-6-8-21(44)9-7-19)31(23)26-16-29(58-2)34(53)33(43)32(26)42/h4-12,14,16-17,24-25,27,30-31,53H,3,13,15H2,1-2H3,(H,49,50)/t24-,25+,27-,30-,31+,40+/m0/s1. The normalized spacial score (nSPS) is 25.4. The van der Waals surface area contributed by atoms with Crippen molar-refractivity contribution in [3.05, 3.63) is 120 Å². The highest BCUT2D eigenvalue weighted by atomic mass is 79.9. The molecule has 2 N–H and O–H groups in total. The number of imide groups is 2. The number of fused-ring (bicyclic) bond motifs is 4. The zero-order valence-corrected chi connectivity index (χ0v) is 35.1. The van der Waals surface area contributed by atoms with Crippen LogP contribution in [0.3, 0.4) is 0 Å². The van der Waals surface area contributed by atoms with E-state index in [1.807, 2.05) is 25.1 Å². The maximum absolute atomic E-state index is 15.5. The summed E-state index contributed by atoms with van der Waals surface area (Å²) >= 11 is 19.7. The number of aromatic nitrogens is 1. The van der Waals surface area contributed by atoms with Crippen molar-refractivity contribution in [1.29, 1.82) is 0 Å². The van der Waals surface area contributed by atoms with Crippen LogP contribution in [-0.2, 0) is 37.2 Å². The predicted molar refractivity (Wildman–Crippen MR) is 215 cm³/mol. The van der Waals surface area contributed by atoms with Gasteiger partial charge in [0.1, 0.15) is 0 Å². The fourth-order valence-electron chi connectivity index (χ4n) is 9.24. The van der Waals surface area contributed by atoms with E-state index < -0.39 is 69.5 Å². The number of phenols is 1. The van der Waals surface area contributed by atoms with Crippen molar-refractivity contribution in [1.82, 2.24) is 9.99 Å². The van der Waals surface area contributed by atoms with Gasteiger partial charge in [0.15, 0.2) is 17.3 Å². The van der Waals surface area contributed by atoms with Crippen LogP contribution in [0.1, 0.15) is 47.9 Å². The smallest absolute Gasteiger partial charge is 0.417 e. The summed E-state index contributed by atoms with van der Waals surface area (Å²) in [5.41, 5.74) is 2.48. The number of hydrazine groups is 1. The Bertz CT molecular complexity index is 2450. The number of carbonyl (C=O) groups excluding carboxylic acids is 4. The van der Waals surface area contributed by atoms with Crippen molar-refractivity contribution in [2.45, 2.75) is 43.7 Å². The molecule has 6 atom stereocenters. The Morgan fingerprint density at radius 3 is 2.28 bits per heavy atom. The van der Waals surface area contributed by atoms with Gasteiger partial charge in [-0.2, -0.15) is 18.2 Å². The fourth-order valence-corrected chi connectivity index (χ4v) is 10.5. The van der Waals surface area contributed by atoms with Crippen LogP contribution in [0, 0.1) is 23.7 Å². The number of rotatable bonds is 7. The summed E-state index contributed by atoms with van der Waals surface area (Å²) in [5, 5.41) is 11.6. The maximum Gasteiger partial charge on any atom is 0.417 e. The average molecular weight is 963 g/mol. The van der Waals surface area contributed by atoms with E-state index in [1.54, 1.807) is 42.5 Å². The quantitative estimate of drug-likeness (QED) is 0.139. The highest BCUT2D eigenvalue weighted by Gasteiger charge is 2.71. The predicted octanol–water partition coefficient (Wildman–Crippen LogP) is 9.40. The summed E-state index contributed by atoms with van der Waals surface area (Å²) in [6, 6.07) is 15.7. The number of carbonyl (C=O) groups is 4. The number of anilines is 2. The van der Waals surface area contributed by atoms with Crippen LogP contribution >= 0.6 is 55.1 Å². The number of aryl methyl sites for hydroxylation is 1. The Hall–Kier alpha value is -4.44. The molecule has 4 aromatic rings. The molecule has 17 heteroatoms. The second-order valence-corrected chi connectivity index (χ2v) is 17.0. The first-order chi connectivity index (χ1) is 27.5. The summed E-state index contributed by atoms with van der Waals surface area (Å²) in [6.45, 7) is 1.99. The van der Waals surface area contributed by atoms with Gasteiger partial charge in [-0.15, -0.1) is 0 Å². The second kappa shape index (κ2) is 14.7. The van der Waals surface area contributed by atoms with E-state index in [0.29, 0.717) is 49.2 Å². The van der Waals surface area contributed by atoms with E-state index in [9.17, 15) is 27.9 Å². The molecule has 8 rings (SSSR count). The first-order valence-electron chi connectivity index (χ1n) is 18.1. The minimum Gasteiger partial charge on any atom is -0.503 e. The molecule has 4 aliphatic rings. The number of ether oxygens (including phenoxy) is 1. The molecule has 1 saturated carbocycles. The minimum atomic E-state index is -4.77. The first kappa shape index (κ1) is 40.3. The summed E-state index contributed by atoms with van der Waals surface area (Å²) in [4.78, 5) is 64.4. The number of pyridine rings is 1. The lowest BCUT2D eigenvalue weighted by atomic mass is 9.49. The zero-order chi connectivity index (χ0) is 41.6. The van der Waals surface area contributed by atoms with E-state index in [4.69, 9.17) is 27.9 Å². The van der Waals surface area contributed by atoms with Gasteiger partial charge in [-0.1, -0.05) is 66.0 Å². The lowest BCUT2D eigenvalue weighted by Crippen LogP contribution is -2.53. The molecule has 1 aromatic heterocycles. The third kappa shape index (κ3) is 6.05. The van der Waals surface area contributed by atoms with Gasteiger partial charge < -0.3 is 9.84 Å². The number of amides is 4. The van der Waals surface area contributed by atoms with Gasteiger partial charge in [-0.05, 0) is 110 Å². The Morgan fingerprint density at radius 1 is 0.966 bits per heavy atom. The molecule has 3 fully saturated rings. The lowest BCUT2D eigenvalue weighted by Gasteiger charge is -2.51. The second-order valence-electron chi connectivity index (χ2n) is 14.6. The van der Waals surface area contributed by atoms with Crippen molar-refractivity contribution >= 4 is 90.2 Å². The topological polar surface area (TPSA) is 129 Å². The van der Waals surface area contributed by atoms with Crippen molar-refractivity contribution in [2.24, 2.45) is 23.7 Å². The van der Waals surface area contributed by atoms with Crippen molar-refractivity contribution in [3.8, 4) is 11.5 Å². The molecule has 3 heterocycles. The van der Waals surface area contributed by atoms with E-state index in [1.165, 1.54) is 12.0 Å². The van der Waals surface area contributed by atoms with Gasteiger partial charge in [-0.25, -0.2) is 4.98 Å². The van der Waals surface area contributed by atoms with Crippen LogP contribution in [-0.4, -0.2) is 45.8 Å². The number of benzene rings is 3. The van der Waals surface area contributed by atoms with Gasteiger partial charge in [0.05, 0.1) is 51.0 Å². The van der Waals surface area contributed by atoms with Crippen molar-refractivity contribution in [2.75, 3.05) is 17.4 Å². The molecule has 2 aliphatic heterocycles. The Morgan fingerprint density at radius 2 is 1.66 bits per heavy atom. The molecule has 10 nitrogen and oxygen atoms in total. The van der Waals surface area contributed by atoms with Crippen LogP contribution < -0.4 is 15.1 Å². The molecule has 4 amide bonds. The molecule has 58 heavy (non-hydrogen) atoms. The Labute approximate surface area is 356 Å². The number of aromatic hydroxyl groups is 1. The third-order valence-corrected chi connectivity index (χ3v) is 14.6. The number of nitrogens with one attached hydrogen (secondary N) is 1. The summed E-state index contributed by atoms with van der Waals surface area (Å²) in [6.07, 6.45) is -1.54. The van der Waals surface area contributed by atoms with Crippen LogP contribution in [0.15, 0.2) is 87.5 Å². The Balaban J connectivity index is 1.34. The molecule has 3 aromatic carbocycles. The maximum atomic E-state index is 15.5. The molecule has 0 unspecified atom stereocenters. The average Bonchev–Trinajstić information content (AvgIpc) is 3.58. The molecule has 2 aliphatic carbocycles. The number of hydrogen-bond acceptors (Lipinski definition) is 8. The molecular weight excluding hydrogens is 932 g/mol. The number of alkyl halides is 3. The van der Waals surface area contributed by atoms with E-state index in [2.05, 4.69) is 42.3 Å². The van der Waals surface area contributed by atoms with Gasteiger partial charge in [0.2, 0.25) is 11.8 Å². The molecule has 0 spiro atoms. The van der Waals surface area contributed by atoms with Crippen molar-refractivity contribution < 1.29 is 42.2 Å². The van der Waals surface area contributed by atoms with Gasteiger partial charge in [0.25, 0.3) is 11.8 Å². The Kier molecular flexibility index (Phi) is 10.2. The van der Waals surface area contributed by atoms with Gasteiger partial charge in [0, 0.05) is 21.6 Å². The minimum absolute atomic E-state index is 0.0330. The highest BCUT2D eigenvalue weighted by molar-refractivity contribution is 9.13. The first-order valence-corrected chi connectivity index (χ1v) is 20.4. The third-order valence-electron chi connectivity index (χ3n) is 11.9. The number of allylic oxidation sites excluding steroid dienone is 2. The largest absolute Gasteiger partial charge is 0.503 e. The zero-order valence-electron chi connectivity index (χ0n) is 30.4. The summed E-state index contributed by atoms with van der Waals surface area (Å²) in [5.74, 6) is -7.72. The van der Waals surface area contributed by atoms with Gasteiger partial charge in [-0.3, -0.25) is 29.5 Å². The summed E-state index contributed by atoms with van der Waals surface area (Å²) in [7, 11) is 1.35. The highest BCUT2D eigenvalue weighted by Crippen LogP contribution is 2.66. The number of phenolic OH excluding ortho intramolecular Hbond substituents is 1. The van der Waals surface area contributed by atoms with Crippen LogP contribution in [0.4, 0.5) is 24.7 Å². The van der Waals surface area contributed by atoms with Crippen LogP contribution in [0.5, 0.6) is 11.5 Å². The summed E-state index contributed by atoms with van der Waals surface area (Å²) < 4.78 is 46.7. The number of nitrogens with zero attached hydrogens (tertiary/aromatic N) is 3. The number of halogens is 7. The number of hydrogen-bond donors (Lipinski definition) is 2. The fraction of sp³-hybridized carbons (Fsp3) is 0.293. The van der Waals surface area contributed by atoms with Crippen molar-refractivity contribution in [3.63, 3.8) is 0 Å². The van der Waals surface area contributed by atoms with E-state index in [0.717, 1.165) is 12.0 Å². The molecule has 0 radical (unpaired) electrons. The molecular formula is C41H31Br2Cl2F3N4O6. The molecule has 300 valence electrons. The van der Waals surface area contributed by atoms with Crippen LogP contribution in [0.2, 0.25) is 10.0 Å². The monoisotopic (exact) mass is 960 g/mol.